The summed E-state index contributed by atoms with van der Waals surface area (Å²) in [6.45, 7) is 5.73. The van der Waals surface area contributed by atoms with Crippen molar-refractivity contribution in [3.63, 3.8) is 0 Å². The topological polar surface area (TPSA) is 70.0 Å². The number of carbonyl (C=O) groups is 2. The van der Waals surface area contributed by atoms with Crippen LogP contribution in [0.2, 0.25) is 0 Å². The Morgan fingerprint density at radius 1 is 1.46 bits per heavy atom. The molecule has 2 aliphatic rings. The van der Waals surface area contributed by atoms with E-state index in [4.69, 9.17) is 11.6 Å². The van der Waals surface area contributed by atoms with Gasteiger partial charge in [-0.3, -0.25) is 9.79 Å². The van der Waals surface area contributed by atoms with Gasteiger partial charge in [0.05, 0.1) is 5.04 Å². The van der Waals surface area contributed by atoms with Gasteiger partial charge >= 0.3 is 5.97 Å². The molecule has 0 bridgehead atoms. The molecular formula is C17H17ClN2O3S. The molecule has 1 amide bonds. The molecule has 1 fully saturated rings. The van der Waals surface area contributed by atoms with Crippen LogP contribution in [-0.4, -0.2) is 50.3 Å². The lowest BCUT2D eigenvalue weighted by atomic mass is 9.99. The van der Waals surface area contributed by atoms with Crippen LogP contribution in [0, 0.1) is 0 Å². The Bertz CT molecular complexity index is 722. The first kappa shape index (κ1) is 17.0. The molecule has 5 nitrogen and oxygen atoms in total. The summed E-state index contributed by atoms with van der Waals surface area (Å²) in [7, 11) is 0. The summed E-state index contributed by atoms with van der Waals surface area (Å²) in [4.78, 5) is 29.8. The van der Waals surface area contributed by atoms with Gasteiger partial charge in [-0.15, -0.1) is 11.6 Å². The summed E-state index contributed by atoms with van der Waals surface area (Å²) < 4.78 is 0. The minimum atomic E-state index is -1.11. The molecule has 1 aromatic rings. The summed E-state index contributed by atoms with van der Waals surface area (Å²) in [6, 6.07) is 8.31. The van der Waals surface area contributed by atoms with Gasteiger partial charge in [0.25, 0.3) is 5.91 Å². The Kier molecular flexibility index (Phi) is 4.69. The molecule has 1 saturated heterocycles. The average molecular weight is 365 g/mol. The molecule has 24 heavy (non-hydrogen) atoms. The first-order valence-electron chi connectivity index (χ1n) is 7.53. The summed E-state index contributed by atoms with van der Waals surface area (Å²) >= 11 is 7.19. The Morgan fingerprint density at radius 3 is 2.71 bits per heavy atom. The van der Waals surface area contributed by atoms with Crippen molar-refractivity contribution < 1.29 is 14.7 Å². The van der Waals surface area contributed by atoms with Crippen molar-refractivity contribution in [3.05, 3.63) is 48.0 Å². The Hall–Kier alpha value is -1.79. The van der Waals surface area contributed by atoms with E-state index in [1.807, 2.05) is 37.3 Å². The Morgan fingerprint density at radius 2 is 2.12 bits per heavy atom. The number of thioether (sulfide) groups is 1. The quantitative estimate of drug-likeness (QED) is 0.478. The third kappa shape index (κ3) is 2.74. The van der Waals surface area contributed by atoms with E-state index in [1.54, 1.807) is 0 Å². The van der Waals surface area contributed by atoms with Crippen LogP contribution < -0.4 is 0 Å². The Balaban J connectivity index is 1.79. The van der Waals surface area contributed by atoms with Gasteiger partial charge in [0.15, 0.2) is 12.1 Å². The number of carbonyl (C=O) groups excluding carboxylic acids is 1. The highest BCUT2D eigenvalue weighted by atomic mass is 35.5. The van der Waals surface area contributed by atoms with E-state index in [1.165, 1.54) is 16.7 Å². The molecule has 7 heteroatoms. The molecule has 0 radical (unpaired) electrons. The zero-order valence-corrected chi connectivity index (χ0v) is 14.6. The number of benzene rings is 1. The molecule has 1 aromatic carbocycles. The predicted molar refractivity (Wildman–Crippen MR) is 95.6 cm³/mol. The number of likely N-dealkylation sites (tertiary alicyclic amines) is 1. The van der Waals surface area contributed by atoms with Crippen molar-refractivity contribution in [3.8, 4) is 0 Å². The van der Waals surface area contributed by atoms with Crippen LogP contribution in [0.25, 0.3) is 0 Å². The monoisotopic (exact) mass is 364 g/mol. The zero-order valence-electron chi connectivity index (χ0n) is 13.1. The number of carboxylic acids is 1. The highest BCUT2D eigenvalue weighted by Crippen LogP contribution is 2.44. The fraction of sp³-hybridized carbons (Fsp3) is 0.353. The lowest BCUT2D eigenvalue weighted by Crippen LogP contribution is -2.66. The fourth-order valence-corrected chi connectivity index (χ4v) is 4.49. The third-order valence-electron chi connectivity index (χ3n) is 4.30. The number of fused-ring (bicyclic) bond motifs is 1. The van der Waals surface area contributed by atoms with Crippen LogP contribution >= 0.6 is 23.4 Å². The van der Waals surface area contributed by atoms with Crippen LogP contribution in [0.15, 0.2) is 47.5 Å². The maximum Gasteiger partial charge on any atom is 0.330 e. The first-order valence-corrected chi connectivity index (χ1v) is 8.95. The highest BCUT2D eigenvalue weighted by molar-refractivity contribution is 8.15. The standard InChI is InChI=1S/C17H17ClN2O3S/c1-9(8-18)13(17(22)23)20-15(21)12-16(20)24-14(19-12)10(2)11-6-4-3-5-7-11/h3-7,10,12-13,16H,1,8H2,2H3,(H,22,23). The Labute approximate surface area is 149 Å². The van der Waals surface area contributed by atoms with Gasteiger partial charge in [0, 0.05) is 11.8 Å². The largest absolute Gasteiger partial charge is 0.479 e. The number of rotatable bonds is 6. The molecule has 1 N–H and O–H groups in total. The highest BCUT2D eigenvalue weighted by Gasteiger charge is 2.56. The SMILES string of the molecule is C=C(CCl)C(C(=O)O)N1C(=O)C2N=C(C(C)c3ccccc3)SC21. The zero-order chi connectivity index (χ0) is 17.4. The number of hydrogen-bond acceptors (Lipinski definition) is 4. The number of aliphatic imine (C=N–C) groups is 1. The van der Waals surface area contributed by atoms with Crippen molar-refractivity contribution in [2.24, 2.45) is 4.99 Å². The van der Waals surface area contributed by atoms with E-state index in [0.717, 1.165) is 10.6 Å². The molecule has 0 aliphatic carbocycles. The van der Waals surface area contributed by atoms with E-state index in [9.17, 15) is 14.7 Å². The molecule has 2 heterocycles. The molecule has 2 aliphatic heterocycles. The number of β-lactam (4-membered cyclic amide) rings is 1. The van der Waals surface area contributed by atoms with E-state index >= 15 is 0 Å². The molecule has 3 rings (SSSR count). The number of amides is 1. The lowest BCUT2D eigenvalue weighted by molar-refractivity contribution is -0.157. The van der Waals surface area contributed by atoms with Crippen molar-refractivity contribution in [1.29, 1.82) is 0 Å². The normalized spacial score (nSPS) is 24.7. The van der Waals surface area contributed by atoms with Gasteiger partial charge in [-0.2, -0.15) is 0 Å². The van der Waals surface area contributed by atoms with E-state index in [2.05, 4.69) is 11.6 Å². The lowest BCUT2D eigenvalue weighted by Gasteiger charge is -2.44. The molecule has 0 saturated carbocycles. The second kappa shape index (κ2) is 6.61. The minimum absolute atomic E-state index is 0.00304. The second-order valence-corrected chi connectivity index (χ2v) is 7.24. The number of carboxylic acid groups (broad SMARTS) is 1. The number of nitrogens with zero attached hydrogens (tertiary/aromatic N) is 2. The first-order chi connectivity index (χ1) is 11.5. The van der Waals surface area contributed by atoms with Gasteiger partial charge in [0.1, 0.15) is 5.37 Å². The van der Waals surface area contributed by atoms with Crippen LogP contribution in [0.1, 0.15) is 18.4 Å². The summed E-state index contributed by atoms with van der Waals surface area (Å²) in [5, 5.41) is 10.0. The van der Waals surface area contributed by atoms with Crippen LogP contribution in [-0.2, 0) is 9.59 Å². The number of halogens is 1. The molecule has 0 aromatic heterocycles. The van der Waals surface area contributed by atoms with Crippen molar-refractivity contribution in [2.75, 3.05) is 5.88 Å². The summed E-state index contributed by atoms with van der Waals surface area (Å²) in [6.07, 6.45) is 0. The number of aliphatic carboxylic acids is 1. The maximum atomic E-state index is 12.4. The molecule has 0 spiro atoms. The predicted octanol–water partition coefficient (Wildman–Crippen LogP) is 2.72. The molecular weight excluding hydrogens is 348 g/mol. The van der Waals surface area contributed by atoms with Crippen LogP contribution in [0.4, 0.5) is 0 Å². The third-order valence-corrected chi connectivity index (χ3v) is 6.07. The molecule has 4 atom stereocenters. The van der Waals surface area contributed by atoms with Crippen LogP contribution in [0.5, 0.6) is 0 Å². The average Bonchev–Trinajstić information content (AvgIpc) is 2.98. The van der Waals surface area contributed by atoms with Crippen molar-refractivity contribution in [1.82, 2.24) is 4.90 Å². The maximum absolute atomic E-state index is 12.4. The van der Waals surface area contributed by atoms with Gasteiger partial charge in [-0.1, -0.05) is 55.6 Å². The smallest absolute Gasteiger partial charge is 0.330 e. The molecule has 126 valence electrons. The number of alkyl halides is 1. The molecule has 4 unspecified atom stereocenters. The van der Waals surface area contributed by atoms with Gasteiger partial charge in [0.2, 0.25) is 0 Å². The van der Waals surface area contributed by atoms with E-state index in [-0.39, 0.29) is 23.1 Å². The van der Waals surface area contributed by atoms with Gasteiger partial charge in [-0.25, -0.2) is 4.79 Å². The fourth-order valence-electron chi connectivity index (χ4n) is 2.94. The summed E-state index contributed by atoms with van der Waals surface area (Å²) in [5.41, 5.74) is 1.42. The number of hydrogen-bond donors (Lipinski definition) is 1. The van der Waals surface area contributed by atoms with E-state index < -0.39 is 18.1 Å². The second-order valence-electron chi connectivity index (χ2n) is 5.83. The summed E-state index contributed by atoms with van der Waals surface area (Å²) in [5.74, 6) is -1.33. The van der Waals surface area contributed by atoms with Crippen LogP contribution in [0.3, 0.4) is 0 Å². The minimum Gasteiger partial charge on any atom is -0.479 e. The van der Waals surface area contributed by atoms with Gasteiger partial charge in [-0.05, 0) is 11.1 Å². The van der Waals surface area contributed by atoms with Gasteiger partial charge < -0.3 is 10.0 Å². The van der Waals surface area contributed by atoms with E-state index in [0.29, 0.717) is 5.57 Å². The van der Waals surface area contributed by atoms with Crippen molar-refractivity contribution in [2.45, 2.75) is 30.3 Å². The van der Waals surface area contributed by atoms with Crippen molar-refractivity contribution >= 4 is 40.3 Å².